The van der Waals surface area contributed by atoms with Crippen LogP contribution in [0.5, 0.6) is 0 Å². The monoisotopic (exact) mass is 188 g/mol. The Kier molecular flexibility index (Phi) is 2.18. The average molecular weight is 188 g/mol. The standard InChI is InChI=1S/C10H12N4/c1-8(9-2-5-12-6-3-9)14-10(11)4-7-13-14/h2-8H,11H2,1H3/t8-/m1/s1. The third kappa shape index (κ3) is 1.46. The van der Waals surface area contributed by atoms with Crippen LogP contribution in [0.3, 0.4) is 0 Å². The first-order valence-electron chi connectivity index (χ1n) is 4.48. The second-order valence-electron chi connectivity index (χ2n) is 3.16. The lowest BCUT2D eigenvalue weighted by Crippen LogP contribution is -2.11. The molecular weight excluding hydrogens is 176 g/mol. The summed E-state index contributed by atoms with van der Waals surface area (Å²) in [6.45, 7) is 2.05. The number of aromatic nitrogens is 3. The zero-order chi connectivity index (χ0) is 9.97. The highest BCUT2D eigenvalue weighted by Gasteiger charge is 2.09. The topological polar surface area (TPSA) is 56.7 Å². The van der Waals surface area contributed by atoms with E-state index in [4.69, 9.17) is 5.73 Å². The number of hydrogen-bond donors (Lipinski definition) is 1. The van der Waals surface area contributed by atoms with Crippen LogP contribution >= 0.6 is 0 Å². The Morgan fingerprint density at radius 3 is 2.50 bits per heavy atom. The van der Waals surface area contributed by atoms with Crippen LogP contribution in [0.1, 0.15) is 18.5 Å². The fourth-order valence-corrected chi connectivity index (χ4v) is 1.43. The van der Waals surface area contributed by atoms with Gasteiger partial charge in [-0.1, -0.05) is 0 Å². The molecule has 2 rings (SSSR count). The summed E-state index contributed by atoms with van der Waals surface area (Å²) in [6.07, 6.45) is 5.24. The molecule has 0 aliphatic carbocycles. The zero-order valence-electron chi connectivity index (χ0n) is 7.96. The van der Waals surface area contributed by atoms with Crippen LogP contribution in [0.4, 0.5) is 5.82 Å². The highest BCUT2D eigenvalue weighted by atomic mass is 15.3. The lowest BCUT2D eigenvalue weighted by Gasteiger charge is -2.13. The normalized spacial score (nSPS) is 12.6. The van der Waals surface area contributed by atoms with E-state index in [2.05, 4.69) is 17.0 Å². The summed E-state index contributed by atoms with van der Waals surface area (Å²) in [5.74, 6) is 0.675. The molecule has 72 valence electrons. The van der Waals surface area contributed by atoms with E-state index in [1.54, 1.807) is 29.3 Å². The van der Waals surface area contributed by atoms with Crippen molar-refractivity contribution in [2.75, 3.05) is 5.73 Å². The lowest BCUT2D eigenvalue weighted by molar-refractivity contribution is 0.572. The van der Waals surface area contributed by atoms with Crippen LogP contribution in [-0.4, -0.2) is 14.8 Å². The molecule has 0 fully saturated rings. The van der Waals surface area contributed by atoms with Crippen molar-refractivity contribution in [2.45, 2.75) is 13.0 Å². The van der Waals surface area contributed by atoms with Crippen molar-refractivity contribution < 1.29 is 0 Å². The van der Waals surface area contributed by atoms with Gasteiger partial charge in [0.25, 0.3) is 0 Å². The summed E-state index contributed by atoms with van der Waals surface area (Å²) in [5.41, 5.74) is 6.91. The predicted molar refractivity (Wildman–Crippen MR) is 54.7 cm³/mol. The molecule has 0 bridgehead atoms. The molecule has 2 heterocycles. The van der Waals surface area contributed by atoms with Crippen molar-refractivity contribution in [2.24, 2.45) is 0 Å². The predicted octanol–water partition coefficient (Wildman–Crippen LogP) is 1.47. The third-order valence-electron chi connectivity index (χ3n) is 2.26. The number of hydrogen-bond acceptors (Lipinski definition) is 3. The van der Waals surface area contributed by atoms with E-state index in [0.29, 0.717) is 5.82 Å². The Balaban J connectivity index is 2.34. The summed E-state index contributed by atoms with van der Waals surface area (Å²) < 4.78 is 1.79. The first-order valence-corrected chi connectivity index (χ1v) is 4.48. The van der Waals surface area contributed by atoms with E-state index in [1.165, 1.54) is 0 Å². The maximum atomic E-state index is 5.76. The molecular formula is C10H12N4. The fraction of sp³-hybridized carbons (Fsp3) is 0.200. The molecule has 4 heteroatoms. The molecule has 0 radical (unpaired) electrons. The van der Waals surface area contributed by atoms with E-state index in [-0.39, 0.29) is 6.04 Å². The Labute approximate surface area is 82.4 Å². The Morgan fingerprint density at radius 1 is 1.21 bits per heavy atom. The van der Waals surface area contributed by atoms with E-state index in [9.17, 15) is 0 Å². The number of rotatable bonds is 2. The van der Waals surface area contributed by atoms with Gasteiger partial charge in [0.15, 0.2) is 0 Å². The minimum absolute atomic E-state index is 0.146. The van der Waals surface area contributed by atoms with Gasteiger partial charge in [0.05, 0.1) is 12.2 Å². The van der Waals surface area contributed by atoms with E-state index in [1.807, 2.05) is 12.1 Å². The summed E-state index contributed by atoms with van der Waals surface area (Å²) in [6, 6.07) is 5.86. The molecule has 4 nitrogen and oxygen atoms in total. The molecule has 0 saturated heterocycles. The minimum Gasteiger partial charge on any atom is -0.384 e. The molecule has 1 atom stereocenters. The van der Waals surface area contributed by atoms with Crippen LogP contribution in [0, 0.1) is 0 Å². The second-order valence-corrected chi connectivity index (χ2v) is 3.16. The van der Waals surface area contributed by atoms with E-state index in [0.717, 1.165) is 5.56 Å². The van der Waals surface area contributed by atoms with Crippen LogP contribution < -0.4 is 5.73 Å². The lowest BCUT2D eigenvalue weighted by atomic mass is 10.1. The first-order chi connectivity index (χ1) is 6.79. The maximum Gasteiger partial charge on any atom is 0.122 e. The molecule has 0 amide bonds. The van der Waals surface area contributed by atoms with Crippen molar-refractivity contribution >= 4 is 5.82 Å². The summed E-state index contributed by atoms with van der Waals surface area (Å²) in [4.78, 5) is 3.97. The van der Waals surface area contributed by atoms with Crippen LogP contribution in [0.25, 0.3) is 0 Å². The van der Waals surface area contributed by atoms with Crippen LogP contribution in [0.15, 0.2) is 36.8 Å². The van der Waals surface area contributed by atoms with Crippen molar-refractivity contribution in [3.8, 4) is 0 Å². The van der Waals surface area contributed by atoms with Crippen molar-refractivity contribution in [3.05, 3.63) is 42.4 Å². The minimum atomic E-state index is 0.146. The highest BCUT2D eigenvalue weighted by Crippen LogP contribution is 2.18. The average Bonchev–Trinajstić information content (AvgIpc) is 2.65. The number of pyridine rings is 1. The summed E-state index contributed by atoms with van der Waals surface area (Å²) in [7, 11) is 0. The first kappa shape index (κ1) is 8.74. The zero-order valence-corrected chi connectivity index (χ0v) is 7.96. The van der Waals surface area contributed by atoms with Gasteiger partial charge in [0, 0.05) is 12.4 Å². The summed E-state index contributed by atoms with van der Waals surface area (Å²) in [5, 5.41) is 4.16. The quantitative estimate of drug-likeness (QED) is 0.776. The molecule has 0 aromatic carbocycles. The number of anilines is 1. The molecule has 2 aromatic heterocycles. The van der Waals surface area contributed by atoms with Gasteiger partial charge in [-0.15, -0.1) is 0 Å². The molecule has 2 N–H and O–H groups in total. The second kappa shape index (κ2) is 3.49. The van der Waals surface area contributed by atoms with Crippen LogP contribution in [0.2, 0.25) is 0 Å². The molecule has 0 saturated carbocycles. The van der Waals surface area contributed by atoms with Gasteiger partial charge in [-0.2, -0.15) is 5.10 Å². The van der Waals surface area contributed by atoms with Gasteiger partial charge in [0.1, 0.15) is 5.82 Å². The van der Waals surface area contributed by atoms with Gasteiger partial charge in [0.2, 0.25) is 0 Å². The van der Waals surface area contributed by atoms with Gasteiger partial charge < -0.3 is 5.73 Å². The summed E-state index contributed by atoms with van der Waals surface area (Å²) >= 11 is 0. The van der Waals surface area contributed by atoms with Crippen molar-refractivity contribution in [1.82, 2.24) is 14.8 Å². The van der Waals surface area contributed by atoms with E-state index >= 15 is 0 Å². The smallest absolute Gasteiger partial charge is 0.122 e. The molecule has 0 unspecified atom stereocenters. The Morgan fingerprint density at radius 2 is 1.93 bits per heavy atom. The largest absolute Gasteiger partial charge is 0.384 e. The Bertz CT molecular complexity index is 407. The number of nitrogens with zero attached hydrogens (tertiary/aromatic N) is 3. The van der Waals surface area contributed by atoms with Gasteiger partial charge >= 0.3 is 0 Å². The van der Waals surface area contributed by atoms with Gasteiger partial charge in [-0.25, -0.2) is 4.68 Å². The third-order valence-corrected chi connectivity index (χ3v) is 2.26. The SMILES string of the molecule is C[C@H](c1ccncc1)n1nccc1N. The van der Waals surface area contributed by atoms with Crippen molar-refractivity contribution in [3.63, 3.8) is 0 Å². The van der Waals surface area contributed by atoms with Gasteiger partial charge in [-0.05, 0) is 30.7 Å². The van der Waals surface area contributed by atoms with Crippen LogP contribution in [-0.2, 0) is 0 Å². The number of nitrogens with two attached hydrogens (primary N) is 1. The molecule has 2 aromatic rings. The maximum absolute atomic E-state index is 5.76. The van der Waals surface area contributed by atoms with Gasteiger partial charge in [-0.3, -0.25) is 4.98 Å². The van der Waals surface area contributed by atoms with Crippen molar-refractivity contribution in [1.29, 1.82) is 0 Å². The highest BCUT2D eigenvalue weighted by molar-refractivity contribution is 5.29. The molecule has 14 heavy (non-hydrogen) atoms. The fourth-order valence-electron chi connectivity index (χ4n) is 1.43. The molecule has 0 aliphatic rings. The molecule has 0 spiro atoms. The molecule has 0 aliphatic heterocycles. The Hall–Kier alpha value is -1.84. The van der Waals surface area contributed by atoms with E-state index < -0.39 is 0 Å². The number of nitrogen functional groups attached to an aromatic ring is 1.